The van der Waals surface area contributed by atoms with Crippen molar-refractivity contribution in [3.8, 4) is 23.3 Å². The summed E-state index contributed by atoms with van der Waals surface area (Å²) in [4.78, 5) is 44.0. The van der Waals surface area contributed by atoms with E-state index in [9.17, 15) is 14.4 Å². The predicted molar refractivity (Wildman–Crippen MR) is 185 cm³/mol. The monoisotopic (exact) mass is 660 g/mol. The van der Waals surface area contributed by atoms with Crippen LogP contribution in [0.4, 0.5) is 0 Å². The molecular formula is C41H44N2O6. The van der Waals surface area contributed by atoms with Gasteiger partial charge in [0.15, 0.2) is 11.5 Å². The number of likely N-dealkylation sites (tertiary alicyclic amines) is 1. The lowest BCUT2D eigenvalue weighted by Crippen LogP contribution is -2.79. The van der Waals surface area contributed by atoms with Gasteiger partial charge in [-0.1, -0.05) is 74.4 Å². The van der Waals surface area contributed by atoms with Crippen LogP contribution in [0.3, 0.4) is 0 Å². The van der Waals surface area contributed by atoms with Crippen LogP contribution in [0.25, 0.3) is 0 Å². The summed E-state index contributed by atoms with van der Waals surface area (Å²) in [5, 5.41) is 0. The molecule has 1 amide bonds. The SMILES string of the molecule is CC(=O)Oc1ccc2c3c1O[C@H]1[C@@H](N(CC(C)C)C(=O)C#Cc4ccccc4)CC[C@@]4(OC(C)=O)[C@@H](C2)N(CCc2ccccc2)CC[C@]314. The van der Waals surface area contributed by atoms with Crippen LogP contribution in [0.15, 0.2) is 72.8 Å². The van der Waals surface area contributed by atoms with E-state index < -0.39 is 23.1 Å². The molecule has 5 atom stereocenters. The van der Waals surface area contributed by atoms with Gasteiger partial charge in [0.2, 0.25) is 0 Å². The Morgan fingerprint density at radius 1 is 0.980 bits per heavy atom. The van der Waals surface area contributed by atoms with E-state index >= 15 is 0 Å². The highest BCUT2D eigenvalue weighted by atomic mass is 16.6. The summed E-state index contributed by atoms with van der Waals surface area (Å²) in [5.41, 5.74) is 2.46. The number of piperidine rings is 1. The maximum absolute atomic E-state index is 14.1. The van der Waals surface area contributed by atoms with Crippen LogP contribution in [0.1, 0.15) is 69.2 Å². The van der Waals surface area contributed by atoms with E-state index in [1.54, 1.807) is 0 Å². The predicted octanol–water partition coefficient (Wildman–Crippen LogP) is 5.48. The molecule has 8 nitrogen and oxygen atoms in total. The molecule has 2 bridgehead atoms. The van der Waals surface area contributed by atoms with Gasteiger partial charge in [-0.15, -0.1) is 0 Å². The van der Waals surface area contributed by atoms with Gasteiger partial charge >= 0.3 is 11.9 Å². The van der Waals surface area contributed by atoms with Gasteiger partial charge in [0, 0.05) is 44.0 Å². The highest BCUT2D eigenvalue weighted by Gasteiger charge is 2.75. The Morgan fingerprint density at radius 3 is 2.41 bits per heavy atom. The first-order chi connectivity index (χ1) is 23.6. The number of hydrogen-bond donors (Lipinski definition) is 0. The van der Waals surface area contributed by atoms with Crippen LogP contribution in [0, 0.1) is 17.8 Å². The quantitative estimate of drug-likeness (QED) is 0.180. The summed E-state index contributed by atoms with van der Waals surface area (Å²) in [5.74, 6) is 6.04. The van der Waals surface area contributed by atoms with E-state index in [0.717, 1.165) is 36.2 Å². The third-order valence-corrected chi connectivity index (χ3v) is 10.9. The smallest absolute Gasteiger partial charge is 0.308 e. The van der Waals surface area contributed by atoms with E-state index in [-0.39, 0.29) is 29.9 Å². The zero-order valence-corrected chi connectivity index (χ0v) is 28.7. The van der Waals surface area contributed by atoms with Crippen LogP contribution in [-0.4, -0.2) is 71.1 Å². The van der Waals surface area contributed by atoms with E-state index in [0.29, 0.717) is 43.7 Å². The molecule has 2 heterocycles. The van der Waals surface area contributed by atoms with Crippen LogP contribution in [0.2, 0.25) is 0 Å². The molecule has 49 heavy (non-hydrogen) atoms. The number of amides is 1. The summed E-state index contributed by atoms with van der Waals surface area (Å²) in [6, 6.07) is 23.4. The minimum Gasteiger partial charge on any atom is -0.483 e. The lowest BCUT2D eigenvalue weighted by Gasteiger charge is -2.65. The van der Waals surface area contributed by atoms with Crippen molar-refractivity contribution in [3.05, 3.63) is 95.1 Å². The maximum atomic E-state index is 14.1. The van der Waals surface area contributed by atoms with E-state index in [2.05, 4.69) is 54.9 Å². The van der Waals surface area contributed by atoms with Gasteiger partial charge < -0.3 is 19.1 Å². The molecule has 3 aromatic rings. The fourth-order valence-corrected chi connectivity index (χ4v) is 9.25. The summed E-state index contributed by atoms with van der Waals surface area (Å²) < 4.78 is 19.5. The molecule has 1 saturated heterocycles. The Hall–Kier alpha value is -4.61. The first-order valence-corrected chi connectivity index (χ1v) is 17.5. The molecule has 1 spiro atoms. The van der Waals surface area contributed by atoms with Crippen molar-refractivity contribution in [1.82, 2.24) is 9.80 Å². The minimum absolute atomic E-state index is 0.0916. The van der Waals surface area contributed by atoms with Gasteiger partial charge in [0.25, 0.3) is 5.91 Å². The number of benzene rings is 3. The highest BCUT2D eigenvalue weighted by molar-refractivity contribution is 5.94. The number of carbonyl (C=O) groups excluding carboxylic acids is 3. The molecule has 7 rings (SSSR count). The first-order valence-electron chi connectivity index (χ1n) is 17.5. The average molecular weight is 661 g/mol. The molecule has 0 radical (unpaired) electrons. The number of carbonyl (C=O) groups is 3. The van der Waals surface area contributed by atoms with Crippen molar-refractivity contribution in [2.45, 2.75) is 89.0 Å². The second kappa shape index (κ2) is 13.0. The summed E-state index contributed by atoms with van der Waals surface area (Å²) in [6.45, 7) is 9.16. The average Bonchev–Trinajstić information content (AvgIpc) is 3.43. The van der Waals surface area contributed by atoms with Crippen molar-refractivity contribution in [3.63, 3.8) is 0 Å². The van der Waals surface area contributed by atoms with Crippen LogP contribution in [-0.2, 0) is 37.4 Å². The number of esters is 2. The van der Waals surface area contributed by atoms with E-state index in [1.807, 2.05) is 53.4 Å². The fraction of sp³-hybridized carbons (Fsp3) is 0.439. The normalized spacial score (nSPS) is 26.1. The zero-order valence-electron chi connectivity index (χ0n) is 28.7. The number of rotatable bonds is 8. The number of nitrogens with zero attached hydrogens (tertiary/aromatic N) is 2. The topological polar surface area (TPSA) is 85.4 Å². The maximum Gasteiger partial charge on any atom is 0.308 e. The molecule has 4 aliphatic rings. The number of ether oxygens (including phenoxy) is 3. The molecule has 8 heteroatoms. The molecule has 2 aliphatic carbocycles. The molecule has 254 valence electrons. The first kappa shape index (κ1) is 32.9. The van der Waals surface area contributed by atoms with E-state index in [4.69, 9.17) is 14.2 Å². The fourth-order valence-electron chi connectivity index (χ4n) is 9.25. The second-order valence-corrected chi connectivity index (χ2v) is 14.3. The molecule has 2 aliphatic heterocycles. The molecule has 2 fully saturated rings. The lowest BCUT2D eigenvalue weighted by molar-refractivity contribution is -0.224. The van der Waals surface area contributed by atoms with Gasteiger partial charge in [-0.2, -0.15) is 0 Å². The summed E-state index contributed by atoms with van der Waals surface area (Å²) in [6.07, 6.45) is 2.81. The van der Waals surface area contributed by atoms with Gasteiger partial charge in [0.1, 0.15) is 11.7 Å². The molecule has 0 unspecified atom stereocenters. The van der Waals surface area contributed by atoms with Crippen molar-refractivity contribution >= 4 is 17.8 Å². The lowest BCUT2D eigenvalue weighted by atomic mass is 9.48. The molecule has 0 aromatic heterocycles. The van der Waals surface area contributed by atoms with Gasteiger partial charge in [-0.25, -0.2) is 0 Å². The Kier molecular flexibility index (Phi) is 8.74. The van der Waals surface area contributed by atoms with Gasteiger partial charge in [-0.3, -0.25) is 19.3 Å². The minimum atomic E-state index is -0.899. The van der Waals surface area contributed by atoms with Crippen molar-refractivity contribution in [1.29, 1.82) is 0 Å². The van der Waals surface area contributed by atoms with Crippen LogP contribution >= 0.6 is 0 Å². The Bertz CT molecular complexity index is 1810. The second-order valence-electron chi connectivity index (χ2n) is 14.3. The Morgan fingerprint density at radius 2 is 1.71 bits per heavy atom. The summed E-state index contributed by atoms with van der Waals surface area (Å²) in [7, 11) is 0. The van der Waals surface area contributed by atoms with E-state index in [1.165, 1.54) is 19.4 Å². The molecule has 0 N–H and O–H groups in total. The van der Waals surface area contributed by atoms with Gasteiger partial charge in [-0.05, 0) is 73.9 Å². The third-order valence-electron chi connectivity index (χ3n) is 10.9. The van der Waals surface area contributed by atoms with Crippen molar-refractivity contribution in [2.24, 2.45) is 5.92 Å². The zero-order chi connectivity index (χ0) is 34.3. The standard InChI is InChI=1S/C41H44N2O6/c1-27(2)26-43(36(46)18-15-30-11-7-5-8-12-30)33-19-21-41(49-29(4)45)35-25-32-16-17-34(47-28(3)44)38-37(32)40(41,39(33)48-38)22-24-42(35)23-20-31-13-9-6-10-14-31/h5-14,16-17,27,33,35,39H,19-26H2,1-4H3/t33-,35+,39-,40-,41+/m0/s1. The third kappa shape index (κ3) is 5.68. The largest absolute Gasteiger partial charge is 0.483 e. The molecule has 3 aromatic carbocycles. The van der Waals surface area contributed by atoms with Crippen LogP contribution in [0.5, 0.6) is 11.5 Å². The molecule has 1 saturated carbocycles. The highest BCUT2D eigenvalue weighted by Crippen LogP contribution is 2.67. The Balaban J connectivity index is 1.34. The molecular weight excluding hydrogens is 616 g/mol. The summed E-state index contributed by atoms with van der Waals surface area (Å²) >= 11 is 0. The number of hydrogen-bond acceptors (Lipinski definition) is 7. The van der Waals surface area contributed by atoms with Crippen molar-refractivity contribution < 1.29 is 28.6 Å². The Labute approximate surface area is 288 Å². The van der Waals surface area contributed by atoms with Crippen LogP contribution < -0.4 is 9.47 Å². The van der Waals surface area contributed by atoms with Gasteiger partial charge in [0.05, 0.1) is 17.5 Å². The van der Waals surface area contributed by atoms with Crippen molar-refractivity contribution in [2.75, 3.05) is 19.6 Å².